The van der Waals surface area contributed by atoms with Gasteiger partial charge in [0.2, 0.25) is 5.91 Å². The van der Waals surface area contributed by atoms with E-state index in [9.17, 15) is 4.79 Å². The molecule has 0 aliphatic heterocycles. The molecule has 30 heavy (non-hydrogen) atoms. The zero-order valence-electron chi connectivity index (χ0n) is 17.9. The van der Waals surface area contributed by atoms with Crippen LogP contribution in [-0.2, 0) is 17.8 Å². The van der Waals surface area contributed by atoms with Crippen molar-refractivity contribution in [2.24, 2.45) is 0 Å². The Balaban J connectivity index is 1.63. The number of hydrogen-bond donors (Lipinski definition) is 2. The number of thioether (sulfide) groups is 1. The first-order valence-corrected chi connectivity index (χ1v) is 11.5. The van der Waals surface area contributed by atoms with E-state index in [0.717, 1.165) is 40.6 Å². The molecule has 3 aromatic rings. The third-order valence-corrected chi connectivity index (χ3v) is 5.52. The van der Waals surface area contributed by atoms with Crippen molar-refractivity contribution >= 4 is 34.5 Å². The second kappa shape index (κ2) is 11.0. The minimum Gasteiger partial charge on any atom is -0.367 e. The van der Waals surface area contributed by atoms with Gasteiger partial charge in [0.1, 0.15) is 5.82 Å². The Hall–Kier alpha value is -2.61. The van der Waals surface area contributed by atoms with Crippen LogP contribution in [0.15, 0.2) is 41.7 Å². The second-order valence-corrected chi connectivity index (χ2v) is 8.50. The van der Waals surface area contributed by atoms with Crippen molar-refractivity contribution in [2.75, 3.05) is 17.6 Å². The molecule has 2 N–H and O–H groups in total. The largest absolute Gasteiger partial charge is 0.367 e. The van der Waals surface area contributed by atoms with Crippen LogP contribution in [0.4, 0.5) is 5.82 Å². The average Bonchev–Trinajstić information content (AvgIpc) is 3.14. The molecule has 8 heteroatoms. The lowest BCUT2D eigenvalue weighted by Gasteiger charge is -2.12. The van der Waals surface area contributed by atoms with Crippen LogP contribution in [-0.4, -0.2) is 44.0 Å². The number of aromatic nitrogens is 4. The molecule has 160 valence electrons. The average molecular weight is 427 g/mol. The fraction of sp³-hybridized carbons (Fsp3) is 0.455. The molecule has 0 aliphatic rings. The minimum atomic E-state index is 0.0475. The topological polar surface area (TPSA) is 84.7 Å². The maximum Gasteiger partial charge on any atom is 0.220 e. The maximum atomic E-state index is 12.2. The number of fused-ring (bicyclic) bond motifs is 1. The van der Waals surface area contributed by atoms with Gasteiger partial charge in [-0.1, -0.05) is 49.0 Å². The summed E-state index contributed by atoms with van der Waals surface area (Å²) in [5, 5.41) is 12.5. The first-order valence-electron chi connectivity index (χ1n) is 10.5. The van der Waals surface area contributed by atoms with Crippen LogP contribution < -0.4 is 10.6 Å². The Bertz CT molecular complexity index is 957. The summed E-state index contributed by atoms with van der Waals surface area (Å²) in [4.78, 5) is 21.6. The molecular formula is C22H30N6OS. The van der Waals surface area contributed by atoms with E-state index in [4.69, 9.17) is 4.98 Å². The number of rotatable bonds is 11. The van der Waals surface area contributed by atoms with Gasteiger partial charge in [-0.15, -0.1) is 0 Å². The molecule has 7 nitrogen and oxygen atoms in total. The highest BCUT2D eigenvalue weighted by Crippen LogP contribution is 2.25. The number of anilines is 1. The van der Waals surface area contributed by atoms with Crippen LogP contribution in [0, 0.1) is 0 Å². The molecule has 0 saturated heterocycles. The number of nitrogens with one attached hydrogen (secondary N) is 2. The Morgan fingerprint density at radius 3 is 2.73 bits per heavy atom. The van der Waals surface area contributed by atoms with Crippen molar-refractivity contribution < 1.29 is 4.79 Å². The molecule has 0 radical (unpaired) electrons. The summed E-state index contributed by atoms with van der Waals surface area (Å²) in [7, 11) is 0. The van der Waals surface area contributed by atoms with E-state index in [-0.39, 0.29) is 11.9 Å². The summed E-state index contributed by atoms with van der Waals surface area (Å²) in [6.07, 6.45) is 4.08. The van der Waals surface area contributed by atoms with Crippen molar-refractivity contribution in [1.29, 1.82) is 0 Å². The van der Waals surface area contributed by atoms with Gasteiger partial charge in [-0.2, -0.15) is 5.10 Å². The Morgan fingerprint density at radius 2 is 2.00 bits per heavy atom. The number of benzene rings is 1. The summed E-state index contributed by atoms with van der Waals surface area (Å²) in [5.41, 5.74) is 1.97. The third kappa shape index (κ3) is 6.19. The van der Waals surface area contributed by atoms with Gasteiger partial charge in [-0.05, 0) is 32.3 Å². The van der Waals surface area contributed by atoms with E-state index in [1.807, 2.05) is 35.0 Å². The lowest BCUT2D eigenvalue weighted by Crippen LogP contribution is -2.27. The SMILES string of the molecule is CCCSc1nc(NC(C)C)c2cnn(CCNC(=O)CCc3ccccc3)c2n1. The Labute approximate surface area is 182 Å². The molecule has 0 aliphatic carbocycles. The number of amides is 1. The first-order chi connectivity index (χ1) is 14.6. The van der Waals surface area contributed by atoms with E-state index in [0.29, 0.717) is 19.5 Å². The Morgan fingerprint density at radius 1 is 1.20 bits per heavy atom. The van der Waals surface area contributed by atoms with Gasteiger partial charge >= 0.3 is 0 Å². The van der Waals surface area contributed by atoms with Crippen LogP contribution >= 0.6 is 11.8 Å². The van der Waals surface area contributed by atoms with Gasteiger partial charge in [-0.3, -0.25) is 4.79 Å². The quantitative estimate of drug-likeness (QED) is 0.357. The number of nitrogens with zero attached hydrogens (tertiary/aromatic N) is 4. The zero-order valence-corrected chi connectivity index (χ0v) is 18.7. The van der Waals surface area contributed by atoms with Crippen LogP contribution in [0.3, 0.4) is 0 Å². The lowest BCUT2D eigenvalue weighted by atomic mass is 10.1. The molecule has 0 saturated carbocycles. The van der Waals surface area contributed by atoms with E-state index in [1.165, 1.54) is 5.56 Å². The van der Waals surface area contributed by atoms with Gasteiger partial charge in [0.05, 0.1) is 18.1 Å². The molecule has 1 amide bonds. The normalized spacial score (nSPS) is 11.2. The van der Waals surface area contributed by atoms with E-state index < -0.39 is 0 Å². The van der Waals surface area contributed by atoms with Crippen molar-refractivity contribution in [2.45, 2.75) is 57.8 Å². The molecule has 0 bridgehead atoms. The van der Waals surface area contributed by atoms with Crippen LogP contribution in [0.25, 0.3) is 11.0 Å². The van der Waals surface area contributed by atoms with Gasteiger partial charge in [-0.25, -0.2) is 14.6 Å². The molecule has 0 atom stereocenters. The summed E-state index contributed by atoms with van der Waals surface area (Å²) in [6.45, 7) is 7.39. The third-order valence-electron chi connectivity index (χ3n) is 4.47. The van der Waals surface area contributed by atoms with E-state index >= 15 is 0 Å². The fourth-order valence-corrected chi connectivity index (χ4v) is 3.73. The molecule has 3 rings (SSSR count). The number of aryl methyl sites for hydroxylation is 1. The van der Waals surface area contributed by atoms with Gasteiger partial charge in [0.15, 0.2) is 10.8 Å². The monoisotopic (exact) mass is 426 g/mol. The zero-order chi connectivity index (χ0) is 21.3. The molecule has 0 spiro atoms. The van der Waals surface area contributed by atoms with E-state index in [2.05, 4.69) is 41.5 Å². The Kier molecular flexibility index (Phi) is 8.07. The van der Waals surface area contributed by atoms with Crippen LogP contribution in [0.5, 0.6) is 0 Å². The van der Waals surface area contributed by atoms with Gasteiger partial charge in [0.25, 0.3) is 0 Å². The highest BCUT2D eigenvalue weighted by atomic mass is 32.2. The molecule has 1 aromatic carbocycles. The summed E-state index contributed by atoms with van der Waals surface area (Å²) < 4.78 is 1.84. The number of carbonyl (C=O) groups is 1. The second-order valence-electron chi connectivity index (χ2n) is 7.44. The number of hydrogen-bond acceptors (Lipinski definition) is 6. The highest BCUT2D eigenvalue weighted by Gasteiger charge is 2.14. The molecule has 0 unspecified atom stereocenters. The predicted molar refractivity (Wildman–Crippen MR) is 123 cm³/mol. The van der Waals surface area contributed by atoms with E-state index in [1.54, 1.807) is 18.0 Å². The van der Waals surface area contributed by atoms with Crippen molar-refractivity contribution in [3.63, 3.8) is 0 Å². The summed E-state index contributed by atoms with van der Waals surface area (Å²) in [6, 6.07) is 10.3. The fourth-order valence-electron chi connectivity index (χ4n) is 3.03. The molecule has 2 heterocycles. The number of carbonyl (C=O) groups excluding carboxylic acids is 1. The standard InChI is InChI=1S/C22H30N6OS/c1-4-14-30-22-26-20(25-16(2)3)18-15-24-28(21(18)27-22)13-12-23-19(29)11-10-17-8-6-5-7-9-17/h5-9,15-16H,4,10-14H2,1-3H3,(H,23,29)(H,25,26,27). The molecular weight excluding hydrogens is 396 g/mol. The lowest BCUT2D eigenvalue weighted by molar-refractivity contribution is -0.121. The highest BCUT2D eigenvalue weighted by molar-refractivity contribution is 7.99. The summed E-state index contributed by atoms with van der Waals surface area (Å²) >= 11 is 1.65. The smallest absolute Gasteiger partial charge is 0.220 e. The van der Waals surface area contributed by atoms with Crippen LogP contribution in [0.2, 0.25) is 0 Å². The van der Waals surface area contributed by atoms with Gasteiger partial charge < -0.3 is 10.6 Å². The van der Waals surface area contributed by atoms with Crippen molar-refractivity contribution in [1.82, 2.24) is 25.1 Å². The van der Waals surface area contributed by atoms with Crippen molar-refractivity contribution in [3.05, 3.63) is 42.1 Å². The van der Waals surface area contributed by atoms with Gasteiger partial charge in [0, 0.05) is 24.8 Å². The molecule has 0 fully saturated rings. The minimum absolute atomic E-state index is 0.0475. The van der Waals surface area contributed by atoms with Crippen molar-refractivity contribution in [3.8, 4) is 0 Å². The summed E-state index contributed by atoms with van der Waals surface area (Å²) in [5.74, 6) is 1.83. The maximum absolute atomic E-state index is 12.2. The first kappa shape index (κ1) is 22.1. The molecule has 2 aromatic heterocycles. The van der Waals surface area contributed by atoms with Crippen LogP contribution in [0.1, 0.15) is 39.2 Å². The predicted octanol–water partition coefficient (Wildman–Crippen LogP) is 3.90.